The quantitative estimate of drug-likeness (QED) is 0.173. The van der Waals surface area contributed by atoms with E-state index in [0.717, 1.165) is 27.7 Å². The van der Waals surface area contributed by atoms with Crippen LogP contribution in [0.2, 0.25) is 5.02 Å². The molecule has 0 aliphatic carbocycles. The van der Waals surface area contributed by atoms with Gasteiger partial charge in [0.15, 0.2) is 0 Å². The summed E-state index contributed by atoms with van der Waals surface area (Å²) < 4.78 is 26.9. The van der Waals surface area contributed by atoms with Crippen LogP contribution in [-0.2, 0) is 28.0 Å². The number of aliphatic hydroxyl groups excluding tert-OH is 1. The number of halogens is 2. The van der Waals surface area contributed by atoms with Crippen LogP contribution < -0.4 is 10.6 Å². The van der Waals surface area contributed by atoms with Gasteiger partial charge < -0.3 is 20.3 Å². The third kappa shape index (κ3) is 5.79. The van der Waals surface area contributed by atoms with Crippen molar-refractivity contribution < 1.29 is 13.7 Å². The summed E-state index contributed by atoms with van der Waals surface area (Å²) >= 11 is 5.92. The molecule has 1 atom stereocenters. The summed E-state index contributed by atoms with van der Waals surface area (Å²) in [6.45, 7) is 1.35. The van der Waals surface area contributed by atoms with Crippen molar-refractivity contribution in [1.29, 1.82) is 0 Å². The Morgan fingerprint density at radius 3 is 2.74 bits per heavy atom. The molecule has 1 unspecified atom stereocenters. The van der Waals surface area contributed by atoms with Crippen LogP contribution in [0.4, 0.5) is 15.9 Å². The monoisotopic (exact) mass is 502 g/mol. The van der Waals surface area contributed by atoms with E-state index in [1.165, 1.54) is 18.5 Å². The number of aliphatic hydroxyl groups is 1. The zero-order chi connectivity index (χ0) is 24.1. The average Bonchev–Trinajstić information content (AvgIpc) is 3.22. The predicted octanol–water partition coefficient (Wildman–Crippen LogP) is 3.91. The SMILES string of the molecule is C[SH+](=O)CCNCc1cn(-c2ccc3ncnc(Nc4ccc(F)c(Cl)c4)c3c2)cc1CCO. The number of fused-ring (bicyclic) bond motifs is 1. The molecular formula is C24H26ClFN5O2S+. The molecule has 2 heterocycles. The smallest absolute Gasteiger partial charge is 0.141 e. The average molecular weight is 503 g/mol. The molecule has 2 aromatic carbocycles. The minimum absolute atomic E-state index is 0.0275. The van der Waals surface area contributed by atoms with Crippen molar-refractivity contribution in [1.82, 2.24) is 19.9 Å². The summed E-state index contributed by atoms with van der Waals surface area (Å²) in [5, 5.41) is 16.8. The molecule has 0 saturated carbocycles. The Balaban J connectivity index is 1.64. The Labute approximate surface area is 204 Å². The predicted molar refractivity (Wildman–Crippen MR) is 136 cm³/mol. The van der Waals surface area contributed by atoms with Gasteiger partial charge in [0.05, 0.1) is 27.6 Å². The van der Waals surface area contributed by atoms with Crippen molar-refractivity contribution in [2.45, 2.75) is 13.0 Å². The molecule has 34 heavy (non-hydrogen) atoms. The van der Waals surface area contributed by atoms with Crippen molar-refractivity contribution >= 4 is 44.8 Å². The molecule has 7 nitrogen and oxygen atoms in total. The van der Waals surface area contributed by atoms with E-state index in [2.05, 4.69) is 20.6 Å². The van der Waals surface area contributed by atoms with Crippen LogP contribution in [0, 0.1) is 5.82 Å². The minimum Gasteiger partial charge on any atom is -0.396 e. The number of hydrogen-bond acceptors (Lipinski definition) is 6. The molecule has 0 spiro atoms. The summed E-state index contributed by atoms with van der Waals surface area (Å²) in [4.78, 5) is 8.72. The Morgan fingerprint density at radius 2 is 1.97 bits per heavy atom. The fraction of sp³-hybridized carbons (Fsp3) is 0.250. The van der Waals surface area contributed by atoms with Crippen LogP contribution in [0.1, 0.15) is 11.1 Å². The number of rotatable bonds is 10. The molecule has 3 N–H and O–H groups in total. The van der Waals surface area contributed by atoms with E-state index in [1.807, 2.05) is 35.2 Å². The first-order chi connectivity index (χ1) is 16.4. The maximum Gasteiger partial charge on any atom is 0.141 e. The van der Waals surface area contributed by atoms with Gasteiger partial charge in [-0.05, 0) is 53.9 Å². The van der Waals surface area contributed by atoms with Gasteiger partial charge in [-0.15, -0.1) is 4.21 Å². The van der Waals surface area contributed by atoms with E-state index in [4.69, 9.17) is 11.6 Å². The maximum absolute atomic E-state index is 13.5. The molecule has 2 aromatic heterocycles. The molecule has 0 aliphatic heterocycles. The number of aromatic nitrogens is 3. The Morgan fingerprint density at radius 1 is 1.15 bits per heavy atom. The lowest BCUT2D eigenvalue weighted by atomic mass is 10.1. The van der Waals surface area contributed by atoms with Gasteiger partial charge in [-0.1, -0.05) is 11.6 Å². The number of anilines is 2. The van der Waals surface area contributed by atoms with Crippen LogP contribution in [0.25, 0.3) is 16.6 Å². The normalized spacial score (nSPS) is 12.2. The summed E-state index contributed by atoms with van der Waals surface area (Å²) in [5.74, 6) is 0.723. The highest BCUT2D eigenvalue weighted by molar-refractivity contribution is 7.84. The molecular weight excluding hydrogens is 477 g/mol. The van der Waals surface area contributed by atoms with Gasteiger partial charge >= 0.3 is 0 Å². The molecule has 4 aromatic rings. The highest BCUT2D eigenvalue weighted by Crippen LogP contribution is 2.28. The first kappa shape index (κ1) is 24.3. The summed E-state index contributed by atoms with van der Waals surface area (Å²) in [7, 11) is -1.17. The summed E-state index contributed by atoms with van der Waals surface area (Å²) in [6.07, 6.45) is 7.77. The van der Waals surface area contributed by atoms with Crippen LogP contribution in [-0.4, -0.2) is 44.8 Å². The zero-order valence-electron chi connectivity index (χ0n) is 18.6. The highest BCUT2D eigenvalue weighted by Gasteiger charge is 2.11. The van der Waals surface area contributed by atoms with Crippen molar-refractivity contribution in [2.75, 3.05) is 30.5 Å². The van der Waals surface area contributed by atoms with Gasteiger partial charge in [0.1, 0.15) is 23.7 Å². The van der Waals surface area contributed by atoms with Gasteiger partial charge in [0.2, 0.25) is 0 Å². The van der Waals surface area contributed by atoms with Crippen LogP contribution in [0.3, 0.4) is 0 Å². The molecule has 4 rings (SSSR count). The minimum atomic E-state index is -1.17. The highest BCUT2D eigenvalue weighted by atomic mass is 35.5. The van der Waals surface area contributed by atoms with Gasteiger partial charge in [-0.3, -0.25) is 0 Å². The molecule has 0 saturated heterocycles. The molecule has 178 valence electrons. The molecule has 10 heteroatoms. The van der Waals surface area contributed by atoms with Crippen molar-refractivity contribution in [2.24, 2.45) is 0 Å². The maximum atomic E-state index is 13.5. The molecule has 0 aliphatic rings. The van der Waals surface area contributed by atoms with E-state index in [-0.39, 0.29) is 11.6 Å². The van der Waals surface area contributed by atoms with Crippen LogP contribution in [0.5, 0.6) is 0 Å². The third-order valence-electron chi connectivity index (χ3n) is 5.40. The van der Waals surface area contributed by atoms with Gasteiger partial charge in [-0.2, -0.15) is 0 Å². The largest absolute Gasteiger partial charge is 0.396 e. The third-order valence-corrected chi connectivity index (χ3v) is 6.54. The molecule has 0 bridgehead atoms. The first-order valence-corrected chi connectivity index (χ1v) is 13.1. The second-order valence-corrected chi connectivity index (χ2v) is 10.0. The molecule has 0 radical (unpaired) electrons. The lowest BCUT2D eigenvalue weighted by molar-refractivity contribution is 0.299. The first-order valence-electron chi connectivity index (χ1n) is 10.8. The fourth-order valence-corrected chi connectivity index (χ4v) is 4.32. The second kappa shape index (κ2) is 11.1. The second-order valence-electron chi connectivity index (χ2n) is 7.90. The Kier molecular flexibility index (Phi) is 7.89. The number of nitrogens with one attached hydrogen (secondary N) is 2. The lowest BCUT2D eigenvalue weighted by Gasteiger charge is -2.11. The van der Waals surface area contributed by atoms with Crippen molar-refractivity contribution in [3.05, 3.63) is 77.1 Å². The van der Waals surface area contributed by atoms with Gasteiger partial charge in [-0.25, -0.2) is 14.4 Å². The van der Waals surface area contributed by atoms with E-state index in [1.54, 1.807) is 12.3 Å². The van der Waals surface area contributed by atoms with E-state index in [0.29, 0.717) is 36.8 Å². The van der Waals surface area contributed by atoms with E-state index in [9.17, 15) is 13.7 Å². The summed E-state index contributed by atoms with van der Waals surface area (Å²) in [5.41, 5.74) is 4.39. The standard InChI is InChI=1S/C24H25ClFN5O2S/c1-34(33)9-7-27-12-17-14-31(13-16(17)6-8-32)19-3-5-23-20(11-19)24(29-15-28-23)30-18-2-4-22(26)21(25)10-18/h2-5,10-11,13-15,27,32H,6-9,12H2,1H3,(H,28,29,30)/p+1. The summed E-state index contributed by atoms with van der Waals surface area (Å²) in [6, 6.07) is 10.3. The van der Waals surface area contributed by atoms with Crippen molar-refractivity contribution in [3.63, 3.8) is 0 Å². The number of hydrogen-bond donors (Lipinski definition) is 3. The van der Waals surface area contributed by atoms with Gasteiger partial charge in [0.25, 0.3) is 0 Å². The number of benzene rings is 2. The lowest BCUT2D eigenvalue weighted by Crippen LogP contribution is -2.19. The molecule has 0 fully saturated rings. The van der Waals surface area contributed by atoms with Crippen LogP contribution >= 0.6 is 11.6 Å². The number of nitrogens with zero attached hydrogens (tertiary/aromatic N) is 3. The van der Waals surface area contributed by atoms with Crippen molar-refractivity contribution in [3.8, 4) is 5.69 Å². The fourth-order valence-electron chi connectivity index (χ4n) is 3.67. The Bertz CT molecular complexity index is 1330. The van der Waals surface area contributed by atoms with Gasteiger partial charge in [0, 0.05) is 48.9 Å². The van der Waals surface area contributed by atoms with E-state index < -0.39 is 16.6 Å². The van der Waals surface area contributed by atoms with E-state index >= 15 is 0 Å². The van der Waals surface area contributed by atoms with Crippen LogP contribution in [0.15, 0.2) is 55.1 Å². The Hall–Kier alpha value is -2.85. The molecule has 0 amide bonds. The zero-order valence-corrected chi connectivity index (χ0v) is 20.3. The number of thiol groups is 1. The topological polar surface area (TPSA) is 92.1 Å².